The molecule has 0 N–H and O–H groups in total. The number of aromatic nitrogens is 3. The van der Waals surface area contributed by atoms with Crippen molar-refractivity contribution in [2.24, 2.45) is 0 Å². The van der Waals surface area contributed by atoms with Crippen LogP contribution in [0, 0.1) is 0 Å². The molecule has 4 heterocycles. The van der Waals surface area contributed by atoms with Crippen molar-refractivity contribution in [1.82, 2.24) is 19.9 Å². The lowest BCUT2D eigenvalue weighted by Gasteiger charge is -2.33. The van der Waals surface area contributed by atoms with Crippen LogP contribution in [0.1, 0.15) is 30.0 Å². The molecule has 6 heteroatoms. The Labute approximate surface area is 199 Å². The van der Waals surface area contributed by atoms with Crippen molar-refractivity contribution in [3.05, 3.63) is 90.5 Å². The van der Waals surface area contributed by atoms with Crippen molar-refractivity contribution in [2.45, 2.75) is 25.3 Å². The van der Waals surface area contributed by atoms with Crippen LogP contribution in [0.3, 0.4) is 0 Å². The van der Waals surface area contributed by atoms with Gasteiger partial charge in [0.15, 0.2) is 17.3 Å². The van der Waals surface area contributed by atoms with Crippen molar-refractivity contribution in [3.8, 4) is 34.0 Å². The van der Waals surface area contributed by atoms with Crippen LogP contribution < -0.4 is 9.47 Å². The summed E-state index contributed by atoms with van der Waals surface area (Å²) in [6, 6.07) is 20.7. The molecule has 0 amide bonds. The van der Waals surface area contributed by atoms with Gasteiger partial charge in [-0.25, -0.2) is 9.97 Å². The number of nitrogens with zero attached hydrogens (tertiary/aromatic N) is 4. The molecular weight excluding hydrogens is 424 g/mol. The van der Waals surface area contributed by atoms with Gasteiger partial charge in [-0.1, -0.05) is 36.4 Å². The van der Waals surface area contributed by atoms with Crippen molar-refractivity contribution >= 4 is 0 Å². The topological polar surface area (TPSA) is 60.4 Å². The van der Waals surface area contributed by atoms with Gasteiger partial charge in [0.05, 0.1) is 5.69 Å². The molecule has 2 aromatic heterocycles. The lowest BCUT2D eigenvalue weighted by atomic mass is 9.89. The van der Waals surface area contributed by atoms with Crippen LogP contribution in [0.25, 0.3) is 22.5 Å². The van der Waals surface area contributed by atoms with Crippen LogP contribution in [-0.4, -0.2) is 39.7 Å². The summed E-state index contributed by atoms with van der Waals surface area (Å²) in [7, 11) is 0. The molecule has 2 aliphatic heterocycles. The zero-order chi connectivity index (χ0) is 22.7. The Bertz CT molecular complexity index is 1280. The average molecular weight is 451 g/mol. The molecule has 34 heavy (non-hydrogen) atoms. The van der Waals surface area contributed by atoms with Crippen molar-refractivity contribution < 1.29 is 9.47 Å². The first kappa shape index (κ1) is 20.8. The average Bonchev–Trinajstić information content (AvgIpc) is 3.38. The maximum absolute atomic E-state index is 5.58. The highest BCUT2D eigenvalue weighted by atomic mass is 16.7. The molecule has 0 spiro atoms. The van der Waals surface area contributed by atoms with Crippen LogP contribution in [0.15, 0.2) is 79.3 Å². The number of hydrogen-bond donors (Lipinski definition) is 0. The van der Waals surface area contributed by atoms with Crippen molar-refractivity contribution in [3.63, 3.8) is 0 Å². The van der Waals surface area contributed by atoms with Gasteiger partial charge in [-0.2, -0.15) is 0 Å². The van der Waals surface area contributed by atoms with Gasteiger partial charge >= 0.3 is 0 Å². The predicted molar refractivity (Wildman–Crippen MR) is 131 cm³/mol. The zero-order valence-electron chi connectivity index (χ0n) is 18.9. The van der Waals surface area contributed by atoms with E-state index >= 15 is 0 Å². The zero-order valence-corrected chi connectivity index (χ0v) is 18.9. The van der Waals surface area contributed by atoms with Gasteiger partial charge in [0, 0.05) is 48.7 Å². The monoisotopic (exact) mass is 450 g/mol. The Morgan fingerprint density at radius 2 is 1.76 bits per heavy atom. The molecule has 170 valence electrons. The van der Waals surface area contributed by atoms with Gasteiger partial charge in [-0.05, 0) is 54.8 Å². The van der Waals surface area contributed by atoms with Gasteiger partial charge in [0.25, 0.3) is 0 Å². The van der Waals surface area contributed by atoms with E-state index in [1.807, 2.05) is 30.5 Å². The van der Waals surface area contributed by atoms with Gasteiger partial charge in [-0.15, -0.1) is 0 Å². The molecule has 6 rings (SSSR count). The largest absolute Gasteiger partial charge is 0.454 e. The van der Waals surface area contributed by atoms with Crippen LogP contribution in [0.4, 0.5) is 0 Å². The molecule has 4 aromatic rings. The lowest BCUT2D eigenvalue weighted by Crippen LogP contribution is -2.34. The molecule has 0 saturated carbocycles. The minimum atomic E-state index is 0.306. The number of hydrogen-bond acceptors (Lipinski definition) is 6. The second-order valence-corrected chi connectivity index (χ2v) is 8.86. The molecule has 2 aromatic carbocycles. The van der Waals surface area contributed by atoms with E-state index in [1.54, 1.807) is 12.4 Å². The highest BCUT2D eigenvalue weighted by Crippen LogP contribution is 2.36. The first-order valence-electron chi connectivity index (χ1n) is 11.8. The van der Waals surface area contributed by atoms with E-state index in [1.165, 1.54) is 5.56 Å². The molecule has 6 nitrogen and oxygen atoms in total. The normalized spacial score (nSPS) is 17.6. The summed E-state index contributed by atoms with van der Waals surface area (Å²) in [5.41, 5.74) is 5.64. The SMILES string of the molecule is c1ccc(-c2cnc(-c3ccncc3)nc2C2CCCN(Cc3ccc4c(c3)OCO4)C2)cc1. The maximum Gasteiger partial charge on any atom is 0.231 e. The second kappa shape index (κ2) is 9.23. The summed E-state index contributed by atoms with van der Waals surface area (Å²) in [6.07, 6.45) is 7.82. The quantitative estimate of drug-likeness (QED) is 0.410. The number of pyridine rings is 1. The van der Waals surface area contributed by atoms with E-state index in [2.05, 4.69) is 46.3 Å². The molecule has 1 atom stereocenters. The van der Waals surface area contributed by atoms with E-state index in [0.717, 1.165) is 72.2 Å². The van der Waals surface area contributed by atoms with Gasteiger partial charge < -0.3 is 9.47 Å². The number of rotatable bonds is 5. The minimum Gasteiger partial charge on any atom is -0.454 e. The van der Waals surface area contributed by atoms with E-state index in [4.69, 9.17) is 19.4 Å². The number of piperidine rings is 1. The smallest absolute Gasteiger partial charge is 0.231 e. The van der Waals surface area contributed by atoms with Gasteiger partial charge in [-0.3, -0.25) is 9.88 Å². The van der Waals surface area contributed by atoms with Crippen LogP contribution >= 0.6 is 0 Å². The molecule has 1 saturated heterocycles. The van der Waals surface area contributed by atoms with Gasteiger partial charge in [0.1, 0.15) is 0 Å². The minimum absolute atomic E-state index is 0.306. The number of likely N-dealkylation sites (tertiary alicyclic amines) is 1. The van der Waals surface area contributed by atoms with E-state index in [0.29, 0.717) is 12.7 Å². The Kier molecular flexibility index (Phi) is 5.65. The van der Waals surface area contributed by atoms with Crippen molar-refractivity contribution in [1.29, 1.82) is 0 Å². The third-order valence-corrected chi connectivity index (χ3v) is 6.58. The van der Waals surface area contributed by atoms with E-state index in [9.17, 15) is 0 Å². The second-order valence-electron chi connectivity index (χ2n) is 8.86. The van der Waals surface area contributed by atoms with E-state index in [-0.39, 0.29) is 0 Å². The Hall–Kier alpha value is -3.77. The third kappa shape index (κ3) is 4.24. The highest BCUT2D eigenvalue weighted by Gasteiger charge is 2.26. The lowest BCUT2D eigenvalue weighted by molar-refractivity contribution is 0.173. The molecule has 1 fully saturated rings. The summed E-state index contributed by atoms with van der Waals surface area (Å²) in [5, 5.41) is 0. The molecular formula is C28H26N4O2. The number of benzene rings is 2. The Balaban J connectivity index is 1.31. The van der Waals surface area contributed by atoms with Crippen LogP contribution in [-0.2, 0) is 6.54 Å². The maximum atomic E-state index is 5.58. The number of fused-ring (bicyclic) bond motifs is 1. The molecule has 1 unspecified atom stereocenters. The standard InChI is InChI=1S/C28H26N4O2/c1-2-5-21(6-3-1)24-16-30-28(22-10-12-29-13-11-22)31-27(24)23-7-4-14-32(18-23)17-20-8-9-25-26(15-20)34-19-33-25/h1-3,5-6,8-13,15-16,23H,4,7,14,17-19H2. The predicted octanol–water partition coefficient (Wildman–Crippen LogP) is 5.31. The molecule has 0 aliphatic carbocycles. The Morgan fingerprint density at radius 1 is 0.912 bits per heavy atom. The summed E-state index contributed by atoms with van der Waals surface area (Å²) in [6.45, 7) is 3.23. The van der Waals surface area contributed by atoms with Crippen LogP contribution in [0.2, 0.25) is 0 Å². The fourth-order valence-corrected chi connectivity index (χ4v) is 4.91. The Morgan fingerprint density at radius 3 is 2.65 bits per heavy atom. The van der Waals surface area contributed by atoms with Crippen molar-refractivity contribution in [2.75, 3.05) is 19.9 Å². The number of ether oxygens (including phenoxy) is 2. The fourth-order valence-electron chi connectivity index (χ4n) is 4.91. The first-order valence-corrected chi connectivity index (χ1v) is 11.8. The fraction of sp³-hybridized carbons (Fsp3) is 0.250. The molecule has 0 radical (unpaired) electrons. The highest BCUT2D eigenvalue weighted by molar-refractivity contribution is 5.67. The summed E-state index contributed by atoms with van der Waals surface area (Å²) >= 11 is 0. The summed E-state index contributed by atoms with van der Waals surface area (Å²) in [4.78, 5) is 16.5. The first-order chi connectivity index (χ1) is 16.8. The summed E-state index contributed by atoms with van der Waals surface area (Å²) in [5.74, 6) is 2.76. The van der Waals surface area contributed by atoms with Gasteiger partial charge in [0.2, 0.25) is 6.79 Å². The molecule has 0 bridgehead atoms. The molecule has 2 aliphatic rings. The third-order valence-electron chi connectivity index (χ3n) is 6.58. The van der Waals surface area contributed by atoms with Crippen LogP contribution in [0.5, 0.6) is 11.5 Å². The summed E-state index contributed by atoms with van der Waals surface area (Å²) < 4.78 is 11.0. The van der Waals surface area contributed by atoms with E-state index < -0.39 is 0 Å².